The second kappa shape index (κ2) is 7.02. The molecule has 0 radical (unpaired) electrons. The van der Waals surface area contributed by atoms with Gasteiger partial charge in [0.1, 0.15) is 5.82 Å². The first-order valence-corrected chi connectivity index (χ1v) is 10.6. The summed E-state index contributed by atoms with van der Waals surface area (Å²) in [5.41, 5.74) is 1.84. The zero-order valence-corrected chi connectivity index (χ0v) is 16.8. The van der Waals surface area contributed by atoms with Gasteiger partial charge in [-0.05, 0) is 55.0 Å². The molecule has 7 nitrogen and oxygen atoms in total. The van der Waals surface area contributed by atoms with E-state index in [4.69, 9.17) is 0 Å². The number of hydrogen-bond donors (Lipinski definition) is 1. The van der Waals surface area contributed by atoms with Crippen molar-refractivity contribution in [2.24, 2.45) is 11.3 Å². The average Bonchev–Trinajstić information content (AvgIpc) is 3.41. The molecule has 1 aliphatic heterocycles. The summed E-state index contributed by atoms with van der Waals surface area (Å²) in [5, 5.41) is 16.3. The lowest BCUT2D eigenvalue weighted by Gasteiger charge is -2.48. The number of nitrogens with zero attached hydrogens (tertiary/aromatic N) is 4. The number of carbonyl (C=O) groups is 2. The van der Waals surface area contributed by atoms with E-state index in [0.29, 0.717) is 30.8 Å². The maximum atomic E-state index is 13.6. The van der Waals surface area contributed by atoms with Crippen molar-refractivity contribution in [1.29, 1.82) is 0 Å². The molecule has 9 heteroatoms. The van der Waals surface area contributed by atoms with Crippen molar-refractivity contribution < 1.29 is 19.1 Å². The summed E-state index contributed by atoms with van der Waals surface area (Å²) in [7, 11) is 0. The summed E-state index contributed by atoms with van der Waals surface area (Å²) in [6, 6.07) is 6.15. The SMILES string of the molecule is O=C(O)N1CCC2Cc3c(cnn3-c3ccc(F)cc3)CC2(C(=O)c2nccs2)C1. The summed E-state index contributed by atoms with van der Waals surface area (Å²) >= 11 is 1.29. The number of carbonyl (C=O) groups excluding carboxylic acids is 1. The number of carboxylic acid groups (broad SMARTS) is 1. The highest BCUT2D eigenvalue weighted by Crippen LogP contribution is 2.47. The molecule has 0 spiro atoms. The standard InChI is InChI=1S/C21H19FN4O3S/c22-15-1-3-16(4-2-15)26-17-9-14-5-7-25(20(28)29)12-21(14,10-13(17)11-24-26)18(27)19-23-6-8-30-19/h1-4,6,8,11,14H,5,7,9-10,12H2,(H,28,29). The quantitative estimate of drug-likeness (QED) is 0.648. The molecule has 1 aliphatic carbocycles. The number of amides is 1. The highest BCUT2D eigenvalue weighted by Gasteiger charge is 2.54. The van der Waals surface area contributed by atoms with Crippen LogP contribution in [0.1, 0.15) is 27.5 Å². The average molecular weight is 426 g/mol. The molecule has 0 saturated carbocycles. The number of piperidine rings is 1. The zero-order chi connectivity index (χ0) is 20.9. The number of likely N-dealkylation sites (tertiary alicyclic amines) is 1. The molecule has 1 aromatic carbocycles. The molecule has 2 unspecified atom stereocenters. The molecule has 154 valence electrons. The molecule has 2 aromatic heterocycles. The minimum Gasteiger partial charge on any atom is -0.465 e. The Kier molecular flexibility index (Phi) is 4.43. The molecule has 3 aromatic rings. The molecule has 3 heterocycles. The van der Waals surface area contributed by atoms with E-state index in [2.05, 4.69) is 10.1 Å². The van der Waals surface area contributed by atoms with Crippen LogP contribution in [0.5, 0.6) is 0 Å². The molecule has 1 saturated heterocycles. The lowest BCUT2D eigenvalue weighted by atomic mass is 9.60. The van der Waals surface area contributed by atoms with E-state index in [-0.39, 0.29) is 24.1 Å². The number of aromatic nitrogens is 3. The third-order valence-electron chi connectivity index (χ3n) is 6.32. The fourth-order valence-corrected chi connectivity index (χ4v) is 5.52. The van der Waals surface area contributed by atoms with Crippen LogP contribution >= 0.6 is 11.3 Å². The van der Waals surface area contributed by atoms with E-state index in [9.17, 15) is 19.1 Å². The number of rotatable bonds is 3. The Balaban J connectivity index is 1.57. The van der Waals surface area contributed by atoms with E-state index >= 15 is 0 Å². The van der Waals surface area contributed by atoms with Gasteiger partial charge in [-0.15, -0.1) is 11.3 Å². The smallest absolute Gasteiger partial charge is 0.407 e. The van der Waals surface area contributed by atoms with Crippen LogP contribution in [0.3, 0.4) is 0 Å². The van der Waals surface area contributed by atoms with Gasteiger partial charge in [0, 0.05) is 30.4 Å². The van der Waals surface area contributed by atoms with Crippen molar-refractivity contribution in [2.45, 2.75) is 19.3 Å². The van der Waals surface area contributed by atoms with Gasteiger partial charge in [0.15, 0.2) is 10.8 Å². The molecule has 1 fully saturated rings. The number of thiazole rings is 1. The third kappa shape index (κ3) is 2.92. The van der Waals surface area contributed by atoms with Gasteiger partial charge in [-0.25, -0.2) is 18.9 Å². The van der Waals surface area contributed by atoms with Gasteiger partial charge in [-0.1, -0.05) is 0 Å². The van der Waals surface area contributed by atoms with Crippen LogP contribution in [-0.4, -0.2) is 49.7 Å². The summed E-state index contributed by atoms with van der Waals surface area (Å²) in [6.45, 7) is 0.555. The Hall–Kier alpha value is -3.07. The summed E-state index contributed by atoms with van der Waals surface area (Å²) in [4.78, 5) is 30.8. The lowest BCUT2D eigenvalue weighted by molar-refractivity contribution is 0.0229. The van der Waals surface area contributed by atoms with Crippen LogP contribution in [0.15, 0.2) is 42.0 Å². The molecule has 2 aliphatic rings. The first-order chi connectivity index (χ1) is 14.5. The maximum Gasteiger partial charge on any atom is 0.407 e. The molecule has 0 bridgehead atoms. The summed E-state index contributed by atoms with van der Waals surface area (Å²) < 4.78 is 15.1. The van der Waals surface area contributed by atoms with Crippen molar-refractivity contribution in [3.63, 3.8) is 0 Å². The van der Waals surface area contributed by atoms with Gasteiger partial charge in [0.05, 0.1) is 17.3 Å². The third-order valence-corrected chi connectivity index (χ3v) is 7.10. The van der Waals surface area contributed by atoms with Crippen LogP contribution in [0, 0.1) is 17.2 Å². The predicted molar refractivity (Wildman–Crippen MR) is 108 cm³/mol. The molecular formula is C21H19FN4O3S. The summed E-state index contributed by atoms with van der Waals surface area (Å²) in [5.74, 6) is -0.421. The second-order valence-corrected chi connectivity index (χ2v) is 8.79. The first kappa shape index (κ1) is 18.9. The first-order valence-electron chi connectivity index (χ1n) is 9.72. The Bertz CT molecular complexity index is 1110. The molecule has 1 amide bonds. The highest BCUT2D eigenvalue weighted by atomic mass is 32.1. The molecule has 2 atom stereocenters. The fourth-order valence-electron chi connectivity index (χ4n) is 4.83. The van der Waals surface area contributed by atoms with Crippen molar-refractivity contribution in [3.8, 4) is 5.69 Å². The number of ketones is 1. The van der Waals surface area contributed by atoms with Crippen LogP contribution in [0.25, 0.3) is 5.69 Å². The Labute approximate surface area is 175 Å². The van der Waals surface area contributed by atoms with Gasteiger partial charge in [0.2, 0.25) is 0 Å². The van der Waals surface area contributed by atoms with Crippen LogP contribution < -0.4 is 0 Å². The zero-order valence-electron chi connectivity index (χ0n) is 16.0. The van der Waals surface area contributed by atoms with Crippen LogP contribution in [0.4, 0.5) is 9.18 Å². The minimum absolute atomic E-state index is 0.0205. The number of Topliss-reactive ketones (excluding diaryl/α,β-unsaturated/α-hetero) is 1. The van der Waals surface area contributed by atoms with Gasteiger partial charge in [-0.3, -0.25) is 4.79 Å². The predicted octanol–water partition coefficient (Wildman–Crippen LogP) is 3.44. The minimum atomic E-state index is -1.01. The monoisotopic (exact) mass is 426 g/mol. The highest BCUT2D eigenvalue weighted by molar-refractivity contribution is 7.11. The lowest BCUT2D eigenvalue weighted by Crippen LogP contribution is -2.57. The van der Waals surface area contributed by atoms with Crippen molar-refractivity contribution in [2.75, 3.05) is 13.1 Å². The Morgan fingerprint density at radius 2 is 2.07 bits per heavy atom. The number of fused-ring (bicyclic) bond motifs is 2. The van der Waals surface area contributed by atoms with E-state index in [1.165, 1.54) is 28.4 Å². The molecule has 1 N–H and O–H groups in total. The largest absolute Gasteiger partial charge is 0.465 e. The van der Waals surface area contributed by atoms with Crippen molar-refractivity contribution >= 4 is 23.2 Å². The number of halogens is 1. The van der Waals surface area contributed by atoms with Gasteiger partial charge in [-0.2, -0.15) is 5.10 Å². The second-order valence-electron chi connectivity index (χ2n) is 7.90. The van der Waals surface area contributed by atoms with Gasteiger partial charge >= 0.3 is 6.09 Å². The summed E-state index contributed by atoms with van der Waals surface area (Å²) in [6.07, 6.45) is 3.95. The normalized spacial score (nSPS) is 23.0. The topological polar surface area (TPSA) is 88.3 Å². The molecular weight excluding hydrogens is 407 g/mol. The number of hydrogen-bond acceptors (Lipinski definition) is 5. The van der Waals surface area contributed by atoms with Gasteiger partial charge < -0.3 is 10.0 Å². The van der Waals surface area contributed by atoms with Crippen molar-refractivity contribution in [1.82, 2.24) is 19.7 Å². The van der Waals surface area contributed by atoms with Crippen LogP contribution in [0.2, 0.25) is 0 Å². The molecule has 30 heavy (non-hydrogen) atoms. The van der Waals surface area contributed by atoms with E-state index in [1.54, 1.807) is 34.6 Å². The Morgan fingerprint density at radius 3 is 2.77 bits per heavy atom. The van der Waals surface area contributed by atoms with E-state index in [1.807, 2.05) is 0 Å². The number of benzene rings is 1. The van der Waals surface area contributed by atoms with E-state index < -0.39 is 11.5 Å². The maximum absolute atomic E-state index is 13.6. The molecule has 5 rings (SSSR count). The van der Waals surface area contributed by atoms with Crippen LogP contribution in [-0.2, 0) is 12.8 Å². The van der Waals surface area contributed by atoms with E-state index in [0.717, 1.165) is 16.9 Å². The van der Waals surface area contributed by atoms with Gasteiger partial charge in [0.25, 0.3) is 0 Å². The Morgan fingerprint density at radius 1 is 1.27 bits per heavy atom. The van der Waals surface area contributed by atoms with Crippen molar-refractivity contribution in [3.05, 3.63) is 64.1 Å². The fraction of sp³-hybridized carbons (Fsp3) is 0.333.